The van der Waals surface area contributed by atoms with Gasteiger partial charge in [0.15, 0.2) is 0 Å². The van der Waals surface area contributed by atoms with Crippen LogP contribution in [0.3, 0.4) is 0 Å². The molecule has 0 aliphatic carbocycles. The summed E-state index contributed by atoms with van der Waals surface area (Å²) >= 11 is 0. The van der Waals surface area contributed by atoms with E-state index in [2.05, 4.69) is 5.32 Å². The highest BCUT2D eigenvalue weighted by Crippen LogP contribution is 2.21. The number of benzene rings is 1. The van der Waals surface area contributed by atoms with Crippen molar-refractivity contribution in [2.75, 3.05) is 7.05 Å². The number of nitrogens with one attached hydrogen (secondary N) is 1. The summed E-state index contributed by atoms with van der Waals surface area (Å²) in [6, 6.07) is 5.63. The average molecular weight is 291 g/mol. The molecule has 0 aromatic heterocycles. The predicted molar refractivity (Wildman–Crippen MR) is 75.4 cm³/mol. The summed E-state index contributed by atoms with van der Waals surface area (Å²) in [6.45, 7) is 1.84. The Morgan fingerprint density at radius 3 is 2.81 bits per heavy atom. The van der Waals surface area contributed by atoms with E-state index in [0.29, 0.717) is 12.8 Å². The van der Waals surface area contributed by atoms with Crippen LogP contribution in [0.4, 0.5) is 5.69 Å². The van der Waals surface area contributed by atoms with Crippen molar-refractivity contribution in [3.63, 3.8) is 0 Å². The lowest BCUT2D eigenvalue weighted by Gasteiger charge is -2.30. The normalized spacial score (nSPS) is 20.5. The van der Waals surface area contributed by atoms with E-state index in [4.69, 9.17) is 0 Å². The highest BCUT2D eigenvalue weighted by molar-refractivity contribution is 6.00. The number of nitro benzene ring substituents is 1. The minimum Gasteiger partial charge on any atom is -0.299 e. The van der Waals surface area contributed by atoms with Crippen LogP contribution in [-0.4, -0.2) is 34.7 Å². The van der Waals surface area contributed by atoms with Crippen LogP contribution in [0.15, 0.2) is 24.3 Å². The number of nitro groups is 1. The van der Waals surface area contributed by atoms with Gasteiger partial charge in [0.1, 0.15) is 0 Å². The van der Waals surface area contributed by atoms with Gasteiger partial charge in [0.2, 0.25) is 11.8 Å². The Bertz CT molecular complexity index is 587. The van der Waals surface area contributed by atoms with Crippen molar-refractivity contribution in [1.82, 2.24) is 10.2 Å². The number of nitrogens with zero attached hydrogens (tertiary/aromatic N) is 2. The van der Waals surface area contributed by atoms with E-state index in [1.807, 2.05) is 6.92 Å². The molecule has 7 heteroatoms. The van der Waals surface area contributed by atoms with Crippen molar-refractivity contribution < 1.29 is 14.5 Å². The quantitative estimate of drug-likeness (QED) is 0.514. The van der Waals surface area contributed by atoms with Crippen LogP contribution < -0.4 is 5.32 Å². The minimum absolute atomic E-state index is 0.0171. The van der Waals surface area contributed by atoms with E-state index in [0.717, 1.165) is 10.5 Å². The van der Waals surface area contributed by atoms with E-state index in [9.17, 15) is 19.7 Å². The summed E-state index contributed by atoms with van der Waals surface area (Å²) in [5.41, 5.74) is 0.750. The van der Waals surface area contributed by atoms with Gasteiger partial charge in [0, 0.05) is 31.6 Å². The van der Waals surface area contributed by atoms with Crippen molar-refractivity contribution in [2.24, 2.45) is 0 Å². The number of carbonyl (C=O) groups excluding carboxylic acids is 2. The maximum absolute atomic E-state index is 12.0. The molecule has 1 aromatic carbocycles. The second-order valence-corrected chi connectivity index (χ2v) is 5.12. The van der Waals surface area contributed by atoms with Gasteiger partial charge in [-0.2, -0.15) is 0 Å². The Morgan fingerprint density at radius 2 is 2.14 bits per heavy atom. The molecule has 0 radical (unpaired) electrons. The predicted octanol–water partition coefficient (Wildman–Crippen LogP) is 1.39. The number of hydrogen-bond acceptors (Lipinski definition) is 5. The van der Waals surface area contributed by atoms with Gasteiger partial charge in [0.25, 0.3) is 5.69 Å². The lowest BCUT2D eigenvalue weighted by Crippen LogP contribution is -2.51. The first kappa shape index (κ1) is 15.1. The fourth-order valence-corrected chi connectivity index (χ4v) is 2.38. The summed E-state index contributed by atoms with van der Waals surface area (Å²) in [5.74, 6) is -0.440. The van der Waals surface area contributed by atoms with Crippen LogP contribution in [0, 0.1) is 10.1 Å². The highest BCUT2D eigenvalue weighted by Gasteiger charge is 2.32. The fraction of sp³-hybridized carbons (Fsp3) is 0.429. The Labute approximate surface area is 122 Å². The van der Waals surface area contributed by atoms with Gasteiger partial charge in [-0.05, 0) is 18.9 Å². The molecule has 2 atom stereocenters. The molecule has 1 saturated heterocycles. The maximum atomic E-state index is 12.0. The molecule has 2 unspecified atom stereocenters. The summed E-state index contributed by atoms with van der Waals surface area (Å²) in [5, 5.41) is 13.9. The molecule has 1 aliphatic heterocycles. The van der Waals surface area contributed by atoms with E-state index >= 15 is 0 Å². The summed E-state index contributed by atoms with van der Waals surface area (Å²) in [4.78, 5) is 34.9. The molecule has 21 heavy (non-hydrogen) atoms. The zero-order valence-electron chi connectivity index (χ0n) is 11.9. The SMILES string of the molecule is CC(NC1CCC(=O)N(C)C1=O)c1cccc([N+](=O)[O-])c1. The highest BCUT2D eigenvalue weighted by atomic mass is 16.6. The molecule has 1 fully saturated rings. The number of likely N-dealkylation sites (N-methyl/N-ethyl adjacent to an activating group) is 1. The largest absolute Gasteiger partial charge is 0.299 e. The van der Waals surface area contributed by atoms with Gasteiger partial charge < -0.3 is 0 Å². The zero-order chi connectivity index (χ0) is 15.6. The number of amides is 2. The van der Waals surface area contributed by atoms with Crippen molar-refractivity contribution in [3.8, 4) is 0 Å². The Kier molecular flexibility index (Phi) is 4.32. The van der Waals surface area contributed by atoms with E-state index in [-0.39, 0.29) is 23.5 Å². The van der Waals surface area contributed by atoms with Gasteiger partial charge in [0.05, 0.1) is 11.0 Å². The molecule has 2 amide bonds. The topological polar surface area (TPSA) is 92.6 Å². The molecular formula is C14H17N3O4. The van der Waals surface area contributed by atoms with Gasteiger partial charge in [-0.25, -0.2) is 0 Å². The number of non-ortho nitro benzene ring substituents is 1. The van der Waals surface area contributed by atoms with Gasteiger partial charge in [-0.15, -0.1) is 0 Å². The molecule has 1 aliphatic rings. The number of likely N-dealkylation sites (tertiary alicyclic amines) is 1. The van der Waals surface area contributed by atoms with Crippen molar-refractivity contribution in [2.45, 2.75) is 31.8 Å². The van der Waals surface area contributed by atoms with Crippen LogP contribution in [-0.2, 0) is 9.59 Å². The van der Waals surface area contributed by atoms with E-state index < -0.39 is 11.0 Å². The van der Waals surface area contributed by atoms with Crippen LogP contribution in [0.1, 0.15) is 31.4 Å². The molecule has 0 spiro atoms. The molecule has 1 N–H and O–H groups in total. The minimum atomic E-state index is -0.450. The van der Waals surface area contributed by atoms with E-state index in [1.165, 1.54) is 19.2 Å². The molecule has 2 rings (SSSR count). The molecule has 0 saturated carbocycles. The van der Waals surface area contributed by atoms with Crippen molar-refractivity contribution in [1.29, 1.82) is 0 Å². The standard InChI is InChI=1S/C14H17N3O4/c1-9(10-4-3-5-11(8-10)17(20)21)15-12-6-7-13(18)16(2)14(12)19/h3-5,8-9,12,15H,6-7H2,1-2H3. The summed E-state index contributed by atoms with van der Waals surface area (Å²) < 4.78 is 0. The average Bonchev–Trinajstić information content (AvgIpc) is 2.48. The Morgan fingerprint density at radius 1 is 1.43 bits per heavy atom. The monoisotopic (exact) mass is 291 g/mol. The van der Waals surface area contributed by atoms with Crippen LogP contribution in [0.25, 0.3) is 0 Å². The van der Waals surface area contributed by atoms with E-state index in [1.54, 1.807) is 12.1 Å². The summed E-state index contributed by atoms with van der Waals surface area (Å²) in [6.07, 6.45) is 0.767. The second-order valence-electron chi connectivity index (χ2n) is 5.12. The van der Waals surface area contributed by atoms with Crippen molar-refractivity contribution in [3.05, 3.63) is 39.9 Å². The first-order valence-electron chi connectivity index (χ1n) is 6.71. The van der Waals surface area contributed by atoms with Gasteiger partial charge in [-0.1, -0.05) is 12.1 Å². The lowest BCUT2D eigenvalue weighted by molar-refractivity contribution is -0.384. The number of hydrogen-bond donors (Lipinski definition) is 1. The number of rotatable bonds is 4. The third-order valence-electron chi connectivity index (χ3n) is 3.68. The van der Waals surface area contributed by atoms with Crippen molar-refractivity contribution >= 4 is 17.5 Å². The first-order chi connectivity index (χ1) is 9.90. The van der Waals surface area contributed by atoms with Crippen LogP contribution >= 0.6 is 0 Å². The third-order valence-corrected chi connectivity index (χ3v) is 3.68. The Balaban J connectivity index is 2.09. The molecule has 0 bridgehead atoms. The molecular weight excluding hydrogens is 274 g/mol. The third kappa shape index (κ3) is 3.25. The van der Waals surface area contributed by atoms with Gasteiger partial charge in [-0.3, -0.25) is 29.9 Å². The zero-order valence-corrected chi connectivity index (χ0v) is 11.9. The van der Waals surface area contributed by atoms with Crippen LogP contribution in [0.5, 0.6) is 0 Å². The Hall–Kier alpha value is -2.28. The van der Waals surface area contributed by atoms with Crippen LogP contribution in [0.2, 0.25) is 0 Å². The number of piperidine rings is 1. The lowest BCUT2D eigenvalue weighted by atomic mass is 10.0. The number of imide groups is 1. The molecule has 1 heterocycles. The maximum Gasteiger partial charge on any atom is 0.269 e. The first-order valence-corrected chi connectivity index (χ1v) is 6.71. The second kappa shape index (κ2) is 6.01. The molecule has 112 valence electrons. The molecule has 7 nitrogen and oxygen atoms in total. The number of carbonyl (C=O) groups is 2. The fourth-order valence-electron chi connectivity index (χ4n) is 2.38. The van der Waals surface area contributed by atoms with Gasteiger partial charge >= 0.3 is 0 Å². The smallest absolute Gasteiger partial charge is 0.269 e. The molecule has 1 aromatic rings. The summed E-state index contributed by atoms with van der Waals surface area (Å²) in [7, 11) is 1.47.